The van der Waals surface area contributed by atoms with Crippen LogP contribution in [0.5, 0.6) is 5.75 Å². The second-order valence-corrected chi connectivity index (χ2v) is 6.36. The Bertz CT molecular complexity index is 454. The minimum absolute atomic E-state index is 0.129. The van der Waals surface area contributed by atoms with Crippen molar-refractivity contribution >= 4 is 10.0 Å². The Morgan fingerprint density at radius 1 is 1.28 bits per heavy atom. The molecule has 0 bridgehead atoms. The zero-order chi connectivity index (χ0) is 13.6. The van der Waals surface area contributed by atoms with Gasteiger partial charge in [-0.15, -0.1) is 0 Å². The zero-order valence-corrected chi connectivity index (χ0v) is 12.0. The van der Waals surface area contributed by atoms with Crippen LogP contribution in [0.3, 0.4) is 0 Å². The summed E-state index contributed by atoms with van der Waals surface area (Å²) in [5, 5.41) is 0. The summed E-state index contributed by atoms with van der Waals surface area (Å²) < 4.78 is 30.2. The van der Waals surface area contributed by atoms with E-state index in [1.165, 1.54) is 5.56 Å². The molecule has 0 saturated carbocycles. The molecule has 1 aromatic carbocycles. The maximum absolute atomic E-state index is 11.3. The van der Waals surface area contributed by atoms with Crippen molar-refractivity contribution in [3.05, 3.63) is 29.8 Å². The lowest BCUT2D eigenvalue weighted by Gasteiger charge is -2.12. The van der Waals surface area contributed by atoms with Crippen LogP contribution >= 0.6 is 0 Å². The van der Waals surface area contributed by atoms with Crippen LogP contribution in [0.1, 0.15) is 31.7 Å². The van der Waals surface area contributed by atoms with Gasteiger partial charge >= 0.3 is 0 Å². The molecule has 1 atom stereocenters. The summed E-state index contributed by atoms with van der Waals surface area (Å²) in [6.07, 6.45) is 0.783. The zero-order valence-electron chi connectivity index (χ0n) is 11.1. The van der Waals surface area contributed by atoms with E-state index in [9.17, 15) is 8.42 Å². The molecule has 0 radical (unpaired) electrons. The van der Waals surface area contributed by atoms with E-state index in [1.54, 1.807) is 14.0 Å². The summed E-state index contributed by atoms with van der Waals surface area (Å²) in [4.78, 5) is 0. The Hall–Kier alpha value is -1.07. The Morgan fingerprint density at radius 2 is 1.89 bits per heavy atom. The second kappa shape index (κ2) is 6.75. The summed E-state index contributed by atoms with van der Waals surface area (Å²) in [7, 11) is -1.44. The molecule has 0 aliphatic carbocycles. The monoisotopic (exact) mass is 271 g/mol. The van der Waals surface area contributed by atoms with E-state index in [-0.39, 0.29) is 5.75 Å². The van der Waals surface area contributed by atoms with Crippen molar-refractivity contribution in [3.63, 3.8) is 0 Å². The Balaban J connectivity index is 2.47. The molecule has 0 aromatic heterocycles. The summed E-state index contributed by atoms with van der Waals surface area (Å²) in [6, 6.07) is 7.86. The van der Waals surface area contributed by atoms with Crippen molar-refractivity contribution in [3.8, 4) is 5.75 Å². The minimum Gasteiger partial charge on any atom is -0.497 e. The van der Waals surface area contributed by atoms with Gasteiger partial charge in [0.1, 0.15) is 5.75 Å². The number of rotatable bonds is 7. The van der Waals surface area contributed by atoms with E-state index < -0.39 is 10.0 Å². The molecule has 0 aliphatic heterocycles. The highest BCUT2D eigenvalue weighted by Gasteiger charge is 2.09. The first kappa shape index (κ1) is 15.0. The van der Waals surface area contributed by atoms with Crippen LogP contribution in [0, 0.1) is 0 Å². The van der Waals surface area contributed by atoms with Gasteiger partial charge in [0, 0.05) is 6.54 Å². The molecule has 1 rings (SSSR count). The van der Waals surface area contributed by atoms with Gasteiger partial charge in [0.05, 0.1) is 12.9 Å². The highest BCUT2D eigenvalue weighted by Crippen LogP contribution is 2.21. The normalized spacial score (nSPS) is 13.3. The summed E-state index contributed by atoms with van der Waals surface area (Å²) in [5.41, 5.74) is 1.19. The van der Waals surface area contributed by atoms with Gasteiger partial charge in [-0.2, -0.15) is 0 Å². The molecule has 102 valence electrons. The number of methoxy groups -OCH3 is 1. The molecule has 5 heteroatoms. The predicted octanol–water partition coefficient (Wildman–Crippen LogP) is 2.13. The first-order chi connectivity index (χ1) is 8.48. The molecule has 0 saturated heterocycles. The molecular weight excluding hydrogens is 250 g/mol. The van der Waals surface area contributed by atoms with Crippen molar-refractivity contribution in [1.82, 2.24) is 4.72 Å². The number of hydrogen-bond acceptors (Lipinski definition) is 3. The number of nitrogens with one attached hydrogen (secondary N) is 1. The number of ether oxygens (including phenoxy) is 1. The largest absolute Gasteiger partial charge is 0.497 e. The van der Waals surface area contributed by atoms with Crippen molar-refractivity contribution in [2.24, 2.45) is 0 Å². The van der Waals surface area contributed by atoms with Gasteiger partial charge in [0.15, 0.2) is 0 Å². The maximum atomic E-state index is 11.3. The molecule has 0 heterocycles. The fourth-order valence-corrected chi connectivity index (χ4v) is 2.27. The third-order valence-electron chi connectivity index (χ3n) is 2.96. The summed E-state index contributed by atoms with van der Waals surface area (Å²) >= 11 is 0. The Morgan fingerprint density at radius 3 is 2.39 bits per heavy atom. The average molecular weight is 271 g/mol. The van der Waals surface area contributed by atoms with Crippen LogP contribution in [0.4, 0.5) is 0 Å². The molecule has 1 N–H and O–H groups in total. The van der Waals surface area contributed by atoms with Crippen LogP contribution in [-0.4, -0.2) is 27.8 Å². The molecule has 1 unspecified atom stereocenters. The fourth-order valence-electron chi connectivity index (χ4n) is 1.63. The van der Waals surface area contributed by atoms with E-state index in [1.807, 2.05) is 24.3 Å². The first-order valence-corrected chi connectivity index (χ1v) is 7.75. The minimum atomic E-state index is -3.08. The van der Waals surface area contributed by atoms with Crippen LogP contribution < -0.4 is 9.46 Å². The van der Waals surface area contributed by atoms with E-state index in [4.69, 9.17) is 4.74 Å². The van der Waals surface area contributed by atoms with Crippen LogP contribution in [0.2, 0.25) is 0 Å². The topological polar surface area (TPSA) is 55.4 Å². The smallest absolute Gasteiger partial charge is 0.211 e. The van der Waals surface area contributed by atoms with Crippen LogP contribution in [0.25, 0.3) is 0 Å². The standard InChI is InChI=1S/C13H21NO3S/c1-4-18(15,16)14-10-9-11(2)12-5-7-13(17-3)8-6-12/h5-8,11,14H,4,9-10H2,1-3H3. The maximum Gasteiger partial charge on any atom is 0.211 e. The number of benzene rings is 1. The second-order valence-electron chi connectivity index (χ2n) is 4.26. The fraction of sp³-hybridized carbons (Fsp3) is 0.538. The molecule has 0 fully saturated rings. The molecule has 0 aliphatic rings. The lowest BCUT2D eigenvalue weighted by atomic mass is 9.98. The van der Waals surface area contributed by atoms with Crippen molar-refractivity contribution in [1.29, 1.82) is 0 Å². The quantitative estimate of drug-likeness (QED) is 0.826. The first-order valence-electron chi connectivity index (χ1n) is 6.09. The van der Waals surface area contributed by atoms with Gasteiger partial charge < -0.3 is 4.74 Å². The average Bonchev–Trinajstić information content (AvgIpc) is 2.38. The lowest BCUT2D eigenvalue weighted by molar-refractivity contribution is 0.414. The van der Waals surface area contributed by atoms with Crippen molar-refractivity contribution in [2.45, 2.75) is 26.2 Å². The van der Waals surface area contributed by atoms with E-state index in [2.05, 4.69) is 11.6 Å². The number of hydrogen-bond donors (Lipinski definition) is 1. The van der Waals surface area contributed by atoms with Crippen LogP contribution in [-0.2, 0) is 10.0 Å². The van der Waals surface area contributed by atoms with E-state index >= 15 is 0 Å². The van der Waals surface area contributed by atoms with Gasteiger partial charge in [-0.25, -0.2) is 13.1 Å². The molecular formula is C13H21NO3S. The Labute approximate surface area is 109 Å². The predicted molar refractivity (Wildman–Crippen MR) is 73.5 cm³/mol. The van der Waals surface area contributed by atoms with E-state index in [0.29, 0.717) is 12.5 Å². The van der Waals surface area contributed by atoms with Gasteiger partial charge in [0.2, 0.25) is 10.0 Å². The highest BCUT2D eigenvalue weighted by atomic mass is 32.2. The van der Waals surface area contributed by atoms with Crippen molar-refractivity contribution < 1.29 is 13.2 Å². The summed E-state index contributed by atoms with van der Waals surface area (Å²) in [5.74, 6) is 1.28. The molecule has 18 heavy (non-hydrogen) atoms. The number of sulfonamides is 1. The van der Waals surface area contributed by atoms with E-state index in [0.717, 1.165) is 12.2 Å². The molecule has 0 spiro atoms. The summed E-state index contributed by atoms with van der Waals surface area (Å²) in [6.45, 7) is 4.20. The molecule has 1 aromatic rings. The van der Waals surface area contributed by atoms with Gasteiger partial charge in [-0.05, 0) is 37.0 Å². The van der Waals surface area contributed by atoms with Gasteiger partial charge in [-0.1, -0.05) is 19.1 Å². The Kier molecular flexibility index (Phi) is 5.62. The SMILES string of the molecule is CCS(=O)(=O)NCCC(C)c1ccc(OC)cc1. The molecule has 0 amide bonds. The lowest BCUT2D eigenvalue weighted by Crippen LogP contribution is -2.26. The van der Waals surface area contributed by atoms with Gasteiger partial charge in [-0.3, -0.25) is 0 Å². The third-order valence-corrected chi connectivity index (χ3v) is 4.37. The van der Waals surface area contributed by atoms with Crippen LogP contribution in [0.15, 0.2) is 24.3 Å². The van der Waals surface area contributed by atoms with Gasteiger partial charge in [0.25, 0.3) is 0 Å². The van der Waals surface area contributed by atoms with Crippen molar-refractivity contribution in [2.75, 3.05) is 19.4 Å². The third kappa shape index (κ3) is 4.66. The molecule has 4 nitrogen and oxygen atoms in total. The highest BCUT2D eigenvalue weighted by molar-refractivity contribution is 7.89.